The lowest BCUT2D eigenvalue weighted by Gasteiger charge is -2.03. The molecule has 0 saturated heterocycles. The first-order valence-corrected chi connectivity index (χ1v) is 3.36. The fraction of sp³-hybridized carbons (Fsp3) is 0.800. The van der Waals surface area contributed by atoms with E-state index in [0.29, 0.717) is 0 Å². The van der Waals surface area contributed by atoms with Gasteiger partial charge in [-0.15, -0.1) is 0 Å². The van der Waals surface area contributed by atoms with Crippen molar-refractivity contribution in [3.63, 3.8) is 0 Å². The van der Waals surface area contributed by atoms with Crippen molar-refractivity contribution < 1.29 is 20.0 Å². The van der Waals surface area contributed by atoms with Crippen LogP contribution in [-0.4, -0.2) is 33.7 Å². The maximum Gasteiger partial charge on any atom is 0.320 e. The first kappa shape index (κ1) is 10.6. The standard InChI is InChI=1S/C5H11N3O4/c6-4(5(9)10)2-1-3-8(12)7-11/h4,11H,1-3,6H2,(H,9,10)/t4-/m0/s1. The molecule has 0 bridgehead atoms. The van der Waals surface area contributed by atoms with E-state index in [2.05, 4.69) is 5.28 Å². The van der Waals surface area contributed by atoms with E-state index in [1.807, 2.05) is 0 Å². The molecule has 7 nitrogen and oxygen atoms in total. The number of hydrogen-bond donors (Lipinski definition) is 3. The van der Waals surface area contributed by atoms with Gasteiger partial charge in [0.25, 0.3) is 0 Å². The van der Waals surface area contributed by atoms with Crippen LogP contribution >= 0.6 is 0 Å². The minimum atomic E-state index is -1.10. The third kappa shape index (κ3) is 4.45. The number of hydroxylamine groups is 1. The molecule has 0 amide bonds. The molecule has 0 aliphatic rings. The summed E-state index contributed by atoms with van der Waals surface area (Å²) >= 11 is 0. The smallest absolute Gasteiger partial charge is 0.320 e. The van der Waals surface area contributed by atoms with E-state index >= 15 is 0 Å². The molecule has 0 aliphatic heterocycles. The number of nitrogens with zero attached hydrogens (tertiary/aromatic N) is 2. The summed E-state index contributed by atoms with van der Waals surface area (Å²) in [5.41, 5.74) is 5.13. The molecule has 7 heteroatoms. The normalized spacial score (nSPS) is 14.2. The van der Waals surface area contributed by atoms with Gasteiger partial charge in [0.15, 0.2) is 11.8 Å². The molecule has 0 aromatic carbocycles. The van der Waals surface area contributed by atoms with Crippen LogP contribution in [0.3, 0.4) is 0 Å². The van der Waals surface area contributed by atoms with Gasteiger partial charge in [0, 0.05) is 6.42 Å². The van der Waals surface area contributed by atoms with Crippen LogP contribution in [0.2, 0.25) is 0 Å². The summed E-state index contributed by atoms with van der Waals surface area (Å²) in [6, 6.07) is -0.961. The first-order valence-electron chi connectivity index (χ1n) is 3.36. The van der Waals surface area contributed by atoms with Crippen molar-refractivity contribution in [1.29, 1.82) is 0 Å². The maximum absolute atomic E-state index is 10.3. The topological polar surface area (TPSA) is 122 Å². The van der Waals surface area contributed by atoms with E-state index in [9.17, 15) is 10.0 Å². The summed E-state index contributed by atoms with van der Waals surface area (Å²) in [5.74, 6) is -1.10. The molecular formula is C5H11N3O4. The monoisotopic (exact) mass is 177 g/mol. The Hall–Kier alpha value is -1.37. The van der Waals surface area contributed by atoms with Gasteiger partial charge in [-0.1, -0.05) is 4.86 Å². The number of rotatable bonds is 5. The van der Waals surface area contributed by atoms with Crippen molar-refractivity contribution in [3.05, 3.63) is 5.21 Å². The Morgan fingerprint density at radius 3 is 2.75 bits per heavy atom. The first-order chi connectivity index (χ1) is 5.57. The highest BCUT2D eigenvalue weighted by atomic mass is 16.6. The van der Waals surface area contributed by atoms with Crippen LogP contribution in [0.5, 0.6) is 0 Å². The summed E-state index contributed by atoms with van der Waals surface area (Å²) in [6.07, 6.45) is 0.463. The molecule has 0 radical (unpaired) electrons. The van der Waals surface area contributed by atoms with Crippen molar-refractivity contribution >= 4 is 5.97 Å². The molecule has 4 N–H and O–H groups in total. The number of aliphatic carboxylic acids is 1. The van der Waals surface area contributed by atoms with Crippen LogP contribution in [0.4, 0.5) is 0 Å². The van der Waals surface area contributed by atoms with Gasteiger partial charge in [-0.2, -0.15) is 0 Å². The average Bonchev–Trinajstić information content (AvgIpc) is 2.03. The highest BCUT2D eigenvalue weighted by Gasteiger charge is 2.11. The van der Waals surface area contributed by atoms with Gasteiger partial charge in [-0.05, 0) is 6.42 Å². The second-order valence-corrected chi connectivity index (χ2v) is 2.25. The molecule has 0 aromatic heterocycles. The van der Waals surface area contributed by atoms with Crippen LogP contribution in [0.1, 0.15) is 12.8 Å². The Labute approximate surface area is 68.6 Å². The zero-order valence-electron chi connectivity index (χ0n) is 6.38. The molecule has 0 unspecified atom stereocenters. The molecule has 70 valence electrons. The SMILES string of the molecule is N[C@@H](CCC[N+]([O-])=NO)C(=O)O. The Balaban J connectivity index is 3.50. The quantitative estimate of drug-likeness (QED) is 0.297. The molecule has 0 aliphatic carbocycles. The molecule has 0 rings (SSSR count). The van der Waals surface area contributed by atoms with Crippen LogP contribution in [0.15, 0.2) is 5.28 Å². The van der Waals surface area contributed by atoms with Gasteiger partial charge >= 0.3 is 5.97 Å². The van der Waals surface area contributed by atoms with Crippen molar-refractivity contribution in [3.8, 4) is 0 Å². The van der Waals surface area contributed by atoms with Gasteiger partial charge in [0.05, 0.1) is 0 Å². The van der Waals surface area contributed by atoms with E-state index in [4.69, 9.17) is 16.0 Å². The second-order valence-electron chi connectivity index (χ2n) is 2.25. The van der Waals surface area contributed by atoms with Crippen molar-refractivity contribution in [2.45, 2.75) is 18.9 Å². The zero-order chi connectivity index (χ0) is 9.56. The summed E-state index contributed by atoms with van der Waals surface area (Å²) in [5, 5.41) is 28.8. The largest absolute Gasteiger partial charge is 0.597 e. The Morgan fingerprint density at radius 1 is 1.75 bits per heavy atom. The summed E-state index contributed by atoms with van der Waals surface area (Å²) in [6.45, 7) is -0.0581. The number of hydrogen-bond acceptors (Lipinski definition) is 4. The third-order valence-electron chi connectivity index (χ3n) is 1.28. The summed E-state index contributed by atoms with van der Waals surface area (Å²) in [4.78, 5) is 10.2. The van der Waals surface area contributed by atoms with Crippen LogP contribution < -0.4 is 5.73 Å². The van der Waals surface area contributed by atoms with E-state index < -0.39 is 12.0 Å². The maximum atomic E-state index is 10.3. The minimum Gasteiger partial charge on any atom is -0.597 e. The molecule has 0 aromatic rings. The molecule has 0 heterocycles. The van der Waals surface area contributed by atoms with Gasteiger partial charge in [0.2, 0.25) is 0 Å². The molecule has 0 fully saturated rings. The van der Waals surface area contributed by atoms with Crippen LogP contribution in [0.25, 0.3) is 0 Å². The lowest BCUT2D eigenvalue weighted by molar-refractivity contribution is -0.556. The van der Waals surface area contributed by atoms with Gasteiger partial charge in [-0.3, -0.25) is 4.79 Å². The highest BCUT2D eigenvalue weighted by molar-refractivity contribution is 5.72. The van der Waals surface area contributed by atoms with E-state index in [-0.39, 0.29) is 24.2 Å². The minimum absolute atomic E-state index is 0.0581. The van der Waals surface area contributed by atoms with Crippen molar-refractivity contribution in [2.75, 3.05) is 6.54 Å². The number of carbonyl (C=O) groups is 1. The van der Waals surface area contributed by atoms with E-state index in [0.717, 1.165) is 0 Å². The van der Waals surface area contributed by atoms with Crippen LogP contribution in [-0.2, 0) is 4.79 Å². The Bertz CT molecular complexity index is 182. The molecule has 1 atom stereocenters. The number of carboxylic acid groups (broad SMARTS) is 1. The fourth-order valence-electron chi connectivity index (χ4n) is 0.615. The van der Waals surface area contributed by atoms with Crippen molar-refractivity contribution in [2.24, 2.45) is 11.0 Å². The molecule has 0 spiro atoms. The molecule has 12 heavy (non-hydrogen) atoms. The molecule has 0 saturated carbocycles. The molecular weight excluding hydrogens is 166 g/mol. The predicted octanol–water partition coefficient (Wildman–Crippen LogP) is -0.470. The predicted molar refractivity (Wildman–Crippen MR) is 37.6 cm³/mol. The Kier molecular flexibility index (Phi) is 4.70. The van der Waals surface area contributed by atoms with E-state index in [1.54, 1.807) is 0 Å². The summed E-state index contributed by atoms with van der Waals surface area (Å²) in [7, 11) is 0. The number of nitrogens with two attached hydrogens (primary N) is 1. The Morgan fingerprint density at radius 2 is 2.33 bits per heavy atom. The number of carboxylic acids is 1. The van der Waals surface area contributed by atoms with Gasteiger partial charge in [-0.25, -0.2) is 0 Å². The lowest BCUT2D eigenvalue weighted by Crippen LogP contribution is -2.30. The van der Waals surface area contributed by atoms with E-state index in [1.165, 1.54) is 0 Å². The van der Waals surface area contributed by atoms with Gasteiger partial charge < -0.3 is 21.3 Å². The summed E-state index contributed by atoms with van der Waals surface area (Å²) < 4.78 is 0. The third-order valence-corrected chi connectivity index (χ3v) is 1.28. The van der Waals surface area contributed by atoms with Gasteiger partial charge in [0.1, 0.15) is 6.04 Å². The zero-order valence-corrected chi connectivity index (χ0v) is 6.38. The lowest BCUT2D eigenvalue weighted by atomic mass is 10.2. The average molecular weight is 177 g/mol. The fourth-order valence-corrected chi connectivity index (χ4v) is 0.615. The van der Waals surface area contributed by atoms with Crippen LogP contribution in [0, 0.1) is 5.21 Å². The highest BCUT2D eigenvalue weighted by Crippen LogP contribution is 1.94. The second kappa shape index (κ2) is 5.30. The van der Waals surface area contributed by atoms with Crippen molar-refractivity contribution in [1.82, 2.24) is 0 Å².